The van der Waals surface area contributed by atoms with Crippen molar-refractivity contribution in [2.24, 2.45) is 5.14 Å². The molecule has 0 fully saturated rings. The van der Waals surface area contributed by atoms with Gasteiger partial charge in [-0.1, -0.05) is 0 Å². The fraction of sp³-hybridized carbons (Fsp3) is 0. The van der Waals surface area contributed by atoms with E-state index in [9.17, 15) is 34.4 Å². The standard InChI is InChI=1S/C15H13FN6O7S4.Ag/c16-9-1-5-11(6-2-9)32(26,27)21-13(23)18-10-3-7-12(8-4-10)33(28,29)22-14-19-20-15(30-14)31(17,24)25;/h1-8H,(H5,17,18,19,21,22,23,24,25);/q;+1/p-1. The predicted molar refractivity (Wildman–Crippen MR) is 114 cm³/mol. The van der Waals surface area contributed by atoms with Gasteiger partial charge >= 0.3 is 28.4 Å². The van der Waals surface area contributed by atoms with Gasteiger partial charge in [-0.05, 0) is 48.5 Å². The fourth-order valence-electron chi connectivity index (χ4n) is 2.17. The number of carbonyl (C=O) groups is 1. The zero-order chi connectivity index (χ0) is 24.4. The van der Waals surface area contributed by atoms with E-state index in [-0.39, 0.29) is 37.9 Å². The Kier molecular flexibility index (Phi) is 8.53. The van der Waals surface area contributed by atoms with Crippen molar-refractivity contribution < 1.29 is 56.8 Å². The molecule has 0 spiro atoms. The molecule has 2 amide bonds. The number of aromatic nitrogens is 2. The molecular formula is C15H12AgFN6O7S4. The first-order chi connectivity index (χ1) is 15.3. The van der Waals surface area contributed by atoms with Gasteiger partial charge in [-0.3, -0.25) is 0 Å². The van der Waals surface area contributed by atoms with Crippen LogP contribution < -0.4 is 15.2 Å². The van der Waals surface area contributed by atoms with E-state index >= 15 is 0 Å². The summed E-state index contributed by atoms with van der Waals surface area (Å²) in [6.07, 6.45) is 0. The second-order valence-electron chi connectivity index (χ2n) is 6.00. The number of urea groups is 1. The van der Waals surface area contributed by atoms with E-state index in [1.807, 2.05) is 0 Å². The molecule has 2 aromatic carbocycles. The summed E-state index contributed by atoms with van der Waals surface area (Å²) in [4.78, 5) is 11.3. The first-order valence-electron chi connectivity index (χ1n) is 8.30. The third-order valence-electron chi connectivity index (χ3n) is 3.60. The summed E-state index contributed by atoms with van der Waals surface area (Å²) < 4.78 is 88.7. The minimum Gasteiger partial charge on any atom is -0.342 e. The van der Waals surface area contributed by atoms with Gasteiger partial charge in [0.15, 0.2) is 0 Å². The van der Waals surface area contributed by atoms with Gasteiger partial charge in [-0.2, -0.15) is 0 Å². The van der Waals surface area contributed by atoms with Crippen LogP contribution in [-0.4, -0.2) is 41.5 Å². The normalized spacial score (nSPS) is 11.8. The van der Waals surface area contributed by atoms with Crippen LogP contribution in [-0.2, 0) is 52.5 Å². The van der Waals surface area contributed by atoms with Gasteiger partial charge in [0, 0.05) is 10.8 Å². The number of hydrogen-bond donors (Lipinski definition) is 3. The number of hydrogen-bond acceptors (Lipinski definition) is 10. The van der Waals surface area contributed by atoms with Gasteiger partial charge in [-0.25, -0.2) is 49.4 Å². The topological polar surface area (TPSA) is 209 Å². The molecule has 34 heavy (non-hydrogen) atoms. The maximum Gasteiger partial charge on any atom is 1.00 e. The number of anilines is 1. The SMILES string of the molecule is NS(=O)(=O)c1nnc([N-]S(=O)(=O)c2ccc(NC(=O)NS(=O)(=O)c3ccc(F)cc3)cc2)s1.[Ag+]. The summed E-state index contributed by atoms with van der Waals surface area (Å²) in [5.41, 5.74) is 0.0354. The first-order valence-corrected chi connectivity index (χ1v) is 13.6. The zero-order valence-corrected chi connectivity index (χ0v) is 21.0. The van der Waals surface area contributed by atoms with E-state index in [1.165, 1.54) is 0 Å². The van der Waals surface area contributed by atoms with Gasteiger partial charge in [0.25, 0.3) is 20.0 Å². The largest absolute Gasteiger partial charge is 1.00 e. The number of halogens is 1. The van der Waals surface area contributed by atoms with Crippen molar-refractivity contribution in [1.82, 2.24) is 14.9 Å². The summed E-state index contributed by atoms with van der Waals surface area (Å²) in [7, 11) is -12.8. The van der Waals surface area contributed by atoms with Crippen LogP contribution in [0.15, 0.2) is 62.7 Å². The van der Waals surface area contributed by atoms with Crippen LogP contribution in [0.5, 0.6) is 0 Å². The molecular weight excluding hydrogens is 631 g/mol. The molecule has 1 aromatic heterocycles. The molecule has 1 heterocycles. The second kappa shape index (κ2) is 10.4. The average Bonchev–Trinajstić information content (AvgIpc) is 3.16. The molecule has 0 unspecified atom stereocenters. The van der Waals surface area contributed by atoms with Crippen LogP contribution >= 0.6 is 11.3 Å². The van der Waals surface area contributed by atoms with Crippen LogP contribution in [0.4, 0.5) is 20.0 Å². The Morgan fingerprint density at radius 1 is 0.912 bits per heavy atom. The van der Waals surface area contributed by atoms with Gasteiger partial charge in [-0.15, -0.1) is 11.3 Å². The van der Waals surface area contributed by atoms with Crippen molar-refractivity contribution in [2.45, 2.75) is 14.1 Å². The number of nitrogens with one attached hydrogen (secondary N) is 2. The maximum atomic E-state index is 12.9. The maximum absolute atomic E-state index is 12.9. The third-order valence-corrected chi connectivity index (χ3v) is 8.47. The Bertz CT molecular complexity index is 1510. The Balaban J connectivity index is 0.00000408. The van der Waals surface area contributed by atoms with Crippen molar-refractivity contribution >= 4 is 58.3 Å². The van der Waals surface area contributed by atoms with Crippen molar-refractivity contribution in [3.63, 3.8) is 0 Å². The number of amides is 2. The number of primary sulfonamides is 1. The third kappa shape index (κ3) is 7.03. The molecule has 3 aromatic rings. The summed E-state index contributed by atoms with van der Waals surface area (Å²) in [6.45, 7) is 0. The summed E-state index contributed by atoms with van der Waals surface area (Å²) in [5, 5.41) is 13.2. The Morgan fingerprint density at radius 2 is 1.47 bits per heavy atom. The number of rotatable bonds is 7. The molecule has 0 saturated carbocycles. The average molecular weight is 643 g/mol. The quantitative estimate of drug-likeness (QED) is 0.316. The number of nitrogens with zero attached hydrogens (tertiary/aromatic N) is 3. The minimum atomic E-state index is -4.32. The molecule has 186 valence electrons. The van der Waals surface area contributed by atoms with E-state index in [4.69, 9.17) is 5.14 Å². The molecule has 3 rings (SSSR count). The van der Waals surface area contributed by atoms with E-state index in [0.717, 1.165) is 48.5 Å². The van der Waals surface area contributed by atoms with Crippen LogP contribution in [0.25, 0.3) is 4.72 Å². The van der Waals surface area contributed by atoms with E-state index in [1.54, 1.807) is 4.72 Å². The molecule has 0 radical (unpaired) electrons. The van der Waals surface area contributed by atoms with Crippen LogP contribution in [0.2, 0.25) is 0 Å². The van der Waals surface area contributed by atoms with E-state index < -0.39 is 51.4 Å². The van der Waals surface area contributed by atoms with Crippen LogP contribution in [0, 0.1) is 5.82 Å². The molecule has 19 heteroatoms. The van der Waals surface area contributed by atoms with Gasteiger partial charge in [0.1, 0.15) is 5.82 Å². The second-order valence-corrected chi connectivity index (χ2v) is 12.0. The number of nitrogens with two attached hydrogens (primary N) is 1. The monoisotopic (exact) mass is 642 g/mol. The van der Waals surface area contributed by atoms with Crippen molar-refractivity contribution in [1.29, 1.82) is 0 Å². The van der Waals surface area contributed by atoms with Gasteiger partial charge in [0.05, 0.1) is 9.79 Å². The smallest absolute Gasteiger partial charge is 0.342 e. The van der Waals surface area contributed by atoms with E-state index in [2.05, 4.69) is 20.2 Å². The number of benzene rings is 2. The number of carbonyl (C=O) groups excluding carboxylic acids is 1. The minimum absolute atomic E-state index is 0. The van der Waals surface area contributed by atoms with Crippen LogP contribution in [0.3, 0.4) is 0 Å². The van der Waals surface area contributed by atoms with Crippen molar-refractivity contribution in [3.05, 3.63) is 59.1 Å². The van der Waals surface area contributed by atoms with Crippen LogP contribution in [0.1, 0.15) is 0 Å². The molecule has 0 bridgehead atoms. The Hall–Kier alpha value is -2.45. The predicted octanol–water partition coefficient (Wildman–Crippen LogP) is 1.23. The molecule has 13 nitrogen and oxygen atoms in total. The molecule has 0 aliphatic rings. The van der Waals surface area contributed by atoms with Gasteiger partial charge < -0.3 is 15.1 Å². The summed E-state index contributed by atoms with van der Waals surface area (Å²) in [6, 6.07) is 7.04. The summed E-state index contributed by atoms with van der Waals surface area (Å²) in [5.74, 6) is -0.656. The van der Waals surface area contributed by atoms with E-state index in [0.29, 0.717) is 11.3 Å². The van der Waals surface area contributed by atoms with Crippen molar-refractivity contribution in [2.75, 3.05) is 5.32 Å². The molecule has 4 N–H and O–H groups in total. The van der Waals surface area contributed by atoms with Gasteiger partial charge in [0.2, 0.25) is 14.4 Å². The fourth-order valence-corrected chi connectivity index (χ4v) is 5.51. The molecule has 0 atom stereocenters. The first kappa shape index (κ1) is 27.8. The Labute approximate surface area is 212 Å². The molecule has 0 saturated heterocycles. The molecule has 0 aliphatic carbocycles. The zero-order valence-electron chi connectivity index (χ0n) is 16.2. The molecule has 0 aliphatic heterocycles. The Morgan fingerprint density at radius 3 is 2.00 bits per heavy atom. The summed E-state index contributed by atoms with van der Waals surface area (Å²) >= 11 is 0.353. The van der Waals surface area contributed by atoms with Crippen molar-refractivity contribution in [3.8, 4) is 0 Å². The number of sulfonamides is 3.